The molecule has 1 fully saturated rings. The number of piperidine rings is 1. The van der Waals surface area contributed by atoms with E-state index in [0.29, 0.717) is 11.3 Å². The number of hydrogen-bond donors (Lipinski definition) is 0. The van der Waals surface area contributed by atoms with Crippen LogP contribution in [0.15, 0.2) is 42.5 Å². The minimum Gasteiger partial charge on any atom is -0.309 e. The van der Waals surface area contributed by atoms with Crippen molar-refractivity contribution in [2.75, 3.05) is 18.0 Å². The minimum atomic E-state index is -0.265. The molecule has 150 valence electrons. The third kappa shape index (κ3) is 4.92. The van der Waals surface area contributed by atoms with Gasteiger partial charge in [0.2, 0.25) is 5.91 Å². The van der Waals surface area contributed by atoms with Crippen LogP contribution in [0, 0.1) is 18.7 Å². The largest absolute Gasteiger partial charge is 0.309 e. The van der Waals surface area contributed by atoms with E-state index in [-0.39, 0.29) is 23.7 Å². The molecule has 0 aliphatic carbocycles. The normalized spacial score (nSPS) is 15.8. The van der Waals surface area contributed by atoms with Gasteiger partial charge in [0, 0.05) is 42.3 Å². The van der Waals surface area contributed by atoms with Gasteiger partial charge in [-0.1, -0.05) is 43.6 Å². The molecule has 3 nitrogen and oxygen atoms in total. The van der Waals surface area contributed by atoms with Crippen LogP contribution in [0.3, 0.4) is 0 Å². The minimum absolute atomic E-state index is 0.0550. The second-order valence-electron chi connectivity index (χ2n) is 7.93. The molecule has 1 saturated heterocycles. The van der Waals surface area contributed by atoms with Crippen molar-refractivity contribution in [3.05, 3.63) is 64.4 Å². The van der Waals surface area contributed by atoms with Crippen LogP contribution in [0.5, 0.6) is 0 Å². The highest BCUT2D eigenvalue weighted by atomic mass is 35.5. The standard InChI is InChI=1S/C23H28ClFN2O/c1-16(2)23(28)27(21-9-4-17(3)22(25)14-21)20-10-12-26(13-11-20)15-18-5-7-19(24)8-6-18/h4-9,14,16,20H,10-13,15H2,1-3H3. The van der Waals surface area contributed by atoms with Crippen molar-refractivity contribution in [2.24, 2.45) is 5.92 Å². The fourth-order valence-corrected chi connectivity index (χ4v) is 3.84. The molecule has 0 aromatic heterocycles. The van der Waals surface area contributed by atoms with E-state index in [4.69, 9.17) is 11.6 Å². The first-order chi connectivity index (χ1) is 13.3. The van der Waals surface area contributed by atoms with Crippen molar-refractivity contribution in [2.45, 2.75) is 46.2 Å². The van der Waals surface area contributed by atoms with Crippen LogP contribution < -0.4 is 4.90 Å². The number of likely N-dealkylation sites (tertiary alicyclic amines) is 1. The first-order valence-corrected chi connectivity index (χ1v) is 10.3. The Kier molecular flexibility index (Phi) is 6.73. The quantitative estimate of drug-likeness (QED) is 0.664. The Morgan fingerprint density at radius 3 is 2.39 bits per heavy atom. The number of carbonyl (C=O) groups is 1. The van der Waals surface area contributed by atoms with Gasteiger partial charge in [-0.2, -0.15) is 0 Å². The Morgan fingerprint density at radius 1 is 1.18 bits per heavy atom. The molecule has 3 rings (SSSR count). The molecule has 0 bridgehead atoms. The second kappa shape index (κ2) is 9.06. The van der Waals surface area contributed by atoms with E-state index in [1.807, 2.05) is 36.9 Å². The van der Waals surface area contributed by atoms with Gasteiger partial charge >= 0.3 is 0 Å². The molecule has 1 heterocycles. The molecule has 0 unspecified atom stereocenters. The summed E-state index contributed by atoms with van der Waals surface area (Å²) in [6.07, 6.45) is 1.75. The van der Waals surface area contributed by atoms with Crippen LogP contribution in [0.1, 0.15) is 37.8 Å². The summed E-state index contributed by atoms with van der Waals surface area (Å²) in [4.78, 5) is 17.1. The molecule has 28 heavy (non-hydrogen) atoms. The number of anilines is 1. The first kappa shape index (κ1) is 20.8. The number of amides is 1. The van der Waals surface area contributed by atoms with Crippen LogP contribution in [-0.4, -0.2) is 29.9 Å². The number of aryl methyl sites for hydroxylation is 1. The first-order valence-electron chi connectivity index (χ1n) is 9.91. The number of hydrogen-bond acceptors (Lipinski definition) is 2. The average molecular weight is 403 g/mol. The number of rotatable bonds is 5. The number of nitrogens with zero attached hydrogens (tertiary/aromatic N) is 2. The lowest BCUT2D eigenvalue weighted by Crippen LogP contribution is -2.48. The lowest BCUT2D eigenvalue weighted by atomic mass is 9.99. The molecule has 0 atom stereocenters. The molecule has 0 N–H and O–H groups in total. The molecule has 2 aromatic rings. The van der Waals surface area contributed by atoms with Gasteiger partial charge in [0.15, 0.2) is 0 Å². The Labute approximate surface area is 172 Å². The Morgan fingerprint density at radius 2 is 1.82 bits per heavy atom. The maximum atomic E-state index is 14.1. The maximum Gasteiger partial charge on any atom is 0.229 e. The molecule has 2 aromatic carbocycles. The van der Waals surface area contributed by atoms with Gasteiger partial charge in [-0.05, 0) is 55.2 Å². The van der Waals surface area contributed by atoms with E-state index >= 15 is 0 Å². The zero-order valence-electron chi connectivity index (χ0n) is 16.8. The SMILES string of the molecule is Cc1ccc(N(C(=O)C(C)C)C2CCN(Cc3ccc(Cl)cc3)CC2)cc1F. The van der Waals surface area contributed by atoms with Crippen molar-refractivity contribution in [1.29, 1.82) is 0 Å². The number of benzene rings is 2. The van der Waals surface area contributed by atoms with Crippen LogP contribution in [0.2, 0.25) is 5.02 Å². The van der Waals surface area contributed by atoms with Crippen LogP contribution in [0.25, 0.3) is 0 Å². The molecule has 1 aliphatic heterocycles. The van der Waals surface area contributed by atoms with Gasteiger partial charge in [0.1, 0.15) is 5.82 Å². The summed E-state index contributed by atoms with van der Waals surface area (Å²) in [6.45, 7) is 8.22. The summed E-state index contributed by atoms with van der Waals surface area (Å²) in [7, 11) is 0. The van der Waals surface area contributed by atoms with Crippen LogP contribution >= 0.6 is 11.6 Å². The summed E-state index contributed by atoms with van der Waals surface area (Å²) in [5.41, 5.74) is 2.50. The Hall–Kier alpha value is -1.91. The maximum absolute atomic E-state index is 14.1. The summed E-state index contributed by atoms with van der Waals surface area (Å²) >= 11 is 5.96. The fraction of sp³-hybridized carbons (Fsp3) is 0.435. The smallest absolute Gasteiger partial charge is 0.229 e. The predicted molar refractivity (Wildman–Crippen MR) is 113 cm³/mol. The fourth-order valence-electron chi connectivity index (χ4n) is 3.71. The van der Waals surface area contributed by atoms with Crippen molar-refractivity contribution < 1.29 is 9.18 Å². The second-order valence-corrected chi connectivity index (χ2v) is 8.37. The van der Waals surface area contributed by atoms with Gasteiger partial charge in [-0.25, -0.2) is 4.39 Å². The summed E-state index contributed by atoms with van der Waals surface area (Å²) in [5.74, 6) is -0.338. The third-order valence-electron chi connectivity index (χ3n) is 5.41. The molecule has 1 aliphatic rings. The van der Waals surface area contributed by atoms with E-state index in [9.17, 15) is 9.18 Å². The number of carbonyl (C=O) groups excluding carboxylic acids is 1. The molecule has 0 radical (unpaired) electrons. The summed E-state index contributed by atoms with van der Waals surface area (Å²) in [6, 6.07) is 13.1. The van der Waals surface area contributed by atoms with Crippen molar-refractivity contribution in [3.8, 4) is 0 Å². The van der Waals surface area contributed by atoms with Crippen LogP contribution in [-0.2, 0) is 11.3 Å². The molecular formula is C23H28ClFN2O. The highest BCUT2D eigenvalue weighted by Gasteiger charge is 2.30. The zero-order valence-corrected chi connectivity index (χ0v) is 17.5. The highest BCUT2D eigenvalue weighted by Crippen LogP contribution is 2.28. The molecule has 0 saturated carbocycles. The van der Waals surface area contributed by atoms with Crippen molar-refractivity contribution in [3.63, 3.8) is 0 Å². The van der Waals surface area contributed by atoms with E-state index in [2.05, 4.69) is 17.0 Å². The zero-order chi connectivity index (χ0) is 20.3. The van der Waals surface area contributed by atoms with Gasteiger partial charge in [-0.3, -0.25) is 9.69 Å². The Balaban J connectivity index is 1.71. The lowest BCUT2D eigenvalue weighted by molar-refractivity contribution is -0.122. The molecule has 0 spiro atoms. The predicted octanol–water partition coefficient (Wildman–Crippen LogP) is 5.44. The van der Waals surface area contributed by atoms with E-state index in [1.54, 1.807) is 13.0 Å². The van der Waals surface area contributed by atoms with E-state index < -0.39 is 0 Å². The van der Waals surface area contributed by atoms with Gasteiger partial charge in [0.05, 0.1) is 0 Å². The van der Waals surface area contributed by atoms with Crippen LogP contribution in [0.4, 0.5) is 10.1 Å². The molecular weight excluding hydrogens is 375 g/mol. The Bertz CT molecular complexity index is 814. The topological polar surface area (TPSA) is 23.6 Å². The third-order valence-corrected chi connectivity index (χ3v) is 5.66. The molecule has 5 heteroatoms. The number of halogens is 2. The van der Waals surface area contributed by atoms with Gasteiger partial charge in [0.25, 0.3) is 0 Å². The summed E-state index contributed by atoms with van der Waals surface area (Å²) < 4.78 is 14.1. The van der Waals surface area contributed by atoms with E-state index in [0.717, 1.165) is 37.5 Å². The van der Waals surface area contributed by atoms with Crippen molar-refractivity contribution in [1.82, 2.24) is 4.90 Å². The van der Waals surface area contributed by atoms with Crippen molar-refractivity contribution >= 4 is 23.2 Å². The van der Waals surface area contributed by atoms with Gasteiger partial charge in [-0.15, -0.1) is 0 Å². The highest BCUT2D eigenvalue weighted by molar-refractivity contribution is 6.30. The average Bonchev–Trinajstić information content (AvgIpc) is 2.68. The van der Waals surface area contributed by atoms with E-state index in [1.165, 1.54) is 11.6 Å². The lowest BCUT2D eigenvalue weighted by Gasteiger charge is -2.39. The molecule has 1 amide bonds. The monoisotopic (exact) mass is 402 g/mol. The summed E-state index contributed by atoms with van der Waals surface area (Å²) in [5, 5.41) is 0.746. The van der Waals surface area contributed by atoms with Gasteiger partial charge < -0.3 is 4.90 Å².